The number of hydrogen-bond acceptors (Lipinski definition) is 5. The van der Waals surface area contributed by atoms with Crippen molar-refractivity contribution >= 4 is 34.3 Å². The van der Waals surface area contributed by atoms with Crippen molar-refractivity contribution in [2.75, 3.05) is 19.0 Å². The maximum absolute atomic E-state index is 13.2. The molecule has 3 aromatic rings. The number of para-hydroxylation sites is 1. The standard InChI is InChI=1S/C24H27N3O3S/c1-15(14-30-3)27-23(29)20-9-4-5-10-21(20)26-24(27)31-16(2)22(28)25-19-12-11-17-7-6-8-18(17)13-19/h4-5,9-13,15-16H,6-8,14H2,1-3H3,(H,25,28)/t15-,16+/m0/s1. The Morgan fingerprint density at radius 1 is 1.19 bits per heavy atom. The summed E-state index contributed by atoms with van der Waals surface area (Å²) in [6, 6.07) is 13.2. The number of ether oxygens (including phenoxy) is 1. The molecule has 31 heavy (non-hydrogen) atoms. The summed E-state index contributed by atoms with van der Waals surface area (Å²) in [5.41, 5.74) is 4.01. The monoisotopic (exact) mass is 437 g/mol. The number of benzene rings is 2. The van der Waals surface area contributed by atoms with E-state index < -0.39 is 5.25 Å². The van der Waals surface area contributed by atoms with Gasteiger partial charge in [0.2, 0.25) is 5.91 Å². The van der Waals surface area contributed by atoms with Crippen molar-refractivity contribution in [2.45, 2.75) is 49.6 Å². The molecule has 1 aliphatic carbocycles. The van der Waals surface area contributed by atoms with Crippen molar-refractivity contribution < 1.29 is 9.53 Å². The Bertz CT molecular complexity index is 1170. The molecule has 4 rings (SSSR count). The highest BCUT2D eigenvalue weighted by Crippen LogP contribution is 2.28. The third-order valence-electron chi connectivity index (χ3n) is 5.64. The van der Waals surface area contributed by atoms with E-state index in [0.29, 0.717) is 22.7 Å². The maximum atomic E-state index is 13.2. The highest BCUT2D eigenvalue weighted by Gasteiger charge is 2.22. The number of fused-ring (bicyclic) bond motifs is 2. The van der Waals surface area contributed by atoms with Gasteiger partial charge in [-0.1, -0.05) is 30.0 Å². The number of rotatable bonds is 7. The van der Waals surface area contributed by atoms with Gasteiger partial charge in [0.25, 0.3) is 5.56 Å². The molecule has 0 bridgehead atoms. The van der Waals surface area contributed by atoms with Gasteiger partial charge in [0, 0.05) is 12.8 Å². The van der Waals surface area contributed by atoms with Gasteiger partial charge in [0.1, 0.15) is 0 Å². The Morgan fingerprint density at radius 2 is 1.97 bits per heavy atom. The smallest absolute Gasteiger partial charge is 0.262 e. The minimum atomic E-state index is -0.428. The number of anilines is 1. The van der Waals surface area contributed by atoms with E-state index in [4.69, 9.17) is 9.72 Å². The van der Waals surface area contributed by atoms with Crippen LogP contribution in [0, 0.1) is 0 Å². The van der Waals surface area contributed by atoms with Crippen LogP contribution in [0.4, 0.5) is 5.69 Å². The van der Waals surface area contributed by atoms with Gasteiger partial charge in [-0.05, 0) is 68.5 Å². The zero-order chi connectivity index (χ0) is 22.0. The summed E-state index contributed by atoms with van der Waals surface area (Å²) in [5, 5.41) is 3.67. The van der Waals surface area contributed by atoms with E-state index in [2.05, 4.69) is 17.4 Å². The molecule has 0 radical (unpaired) electrons. The number of methoxy groups -OCH3 is 1. The van der Waals surface area contributed by atoms with E-state index in [-0.39, 0.29) is 17.5 Å². The third-order valence-corrected chi connectivity index (χ3v) is 6.71. The SMILES string of the molecule is COC[C@H](C)n1c(S[C@H](C)C(=O)Nc2ccc3c(c2)CCC3)nc2ccccc2c1=O. The fourth-order valence-electron chi connectivity index (χ4n) is 4.02. The van der Waals surface area contributed by atoms with E-state index >= 15 is 0 Å². The molecule has 0 saturated heterocycles. The van der Waals surface area contributed by atoms with Crippen LogP contribution in [0.2, 0.25) is 0 Å². The van der Waals surface area contributed by atoms with Crippen LogP contribution in [-0.4, -0.2) is 34.4 Å². The minimum Gasteiger partial charge on any atom is -0.383 e. The number of amides is 1. The van der Waals surface area contributed by atoms with Gasteiger partial charge in [0.15, 0.2) is 5.16 Å². The van der Waals surface area contributed by atoms with E-state index in [0.717, 1.165) is 18.5 Å². The zero-order valence-electron chi connectivity index (χ0n) is 18.1. The molecule has 1 amide bonds. The summed E-state index contributed by atoms with van der Waals surface area (Å²) in [5.74, 6) is -0.115. The van der Waals surface area contributed by atoms with Gasteiger partial charge >= 0.3 is 0 Å². The molecule has 1 N–H and O–H groups in total. The summed E-state index contributed by atoms with van der Waals surface area (Å²) in [6.07, 6.45) is 3.35. The van der Waals surface area contributed by atoms with Crippen molar-refractivity contribution in [3.05, 3.63) is 63.9 Å². The summed E-state index contributed by atoms with van der Waals surface area (Å²) in [7, 11) is 1.61. The van der Waals surface area contributed by atoms with Crippen LogP contribution in [0.1, 0.15) is 37.4 Å². The van der Waals surface area contributed by atoms with Crippen molar-refractivity contribution in [1.82, 2.24) is 9.55 Å². The first-order valence-corrected chi connectivity index (χ1v) is 11.5. The molecule has 162 valence electrons. The Hall–Kier alpha value is -2.64. The quantitative estimate of drug-likeness (QED) is 0.443. The van der Waals surface area contributed by atoms with Crippen molar-refractivity contribution in [2.24, 2.45) is 0 Å². The number of thioether (sulfide) groups is 1. The van der Waals surface area contributed by atoms with Crippen LogP contribution in [-0.2, 0) is 22.4 Å². The van der Waals surface area contributed by atoms with Crippen LogP contribution >= 0.6 is 11.8 Å². The first-order valence-electron chi connectivity index (χ1n) is 10.6. The van der Waals surface area contributed by atoms with E-state index in [9.17, 15) is 9.59 Å². The lowest BCUT2D eigenvalue weighted by Gasteiger charge is -2.20. The minimum absolute atomic E-state index is 0.115. The molecule has 7 heteroatoms. The predicted molar refractivity (Wildman–Crippen MR) is 125 cm³/mol. The zero-order valence-corrected chi connectivity index (χ0v) is 18.9. The van der Waals surface area contributed by atoms with E-state index in [1.54, 1.807) is 17.7 Å². The van der Waals surface area contributed by atoms with Crippen LogP contribution in [0.15, 0.2) is 52.4 Å². The second-order valence-corrected chi connectivity index (χ2v) is 9.29. The van der Waals surface area contributed by atoms with Gasteiger partial charge in [-0.15, -0.1) is 0 Å². The Morgan fingerprint density at radius 3 is 2.77 bits per heavy atom. The molecule has 2 atom stereocenters. The average Bonchev–Trinajstić information content (AvgIpc) is 3.22. The van der Waals surface area contributed by atoms with Crippen molar-refractivity contribution in [3.8, 4) is 0 Å². The lowest BCUT2D eigenvalue weighted by molar-refractivity contribution is -0.115. The topological polar surface area (TPSA) is 73.2 Å². The Labute approximate surface area is 186 Å². The molecule has 1 aliphatic rings. The normalized spacial score (nSPS) is 14.9. The Kier molecular flexibility index (Phi) is 6.43. The number of nitrogens with zero attached hydrogens (tertiary/aromatic N) is 2. The molecule has 6 nitrogen and oxygen atoms in total. The Balaban J connectivity index is 1.59. The van der Waals surface area contributed by atoms with Gasteiger partial charge < -0.3 is 10.1 Å². The second kappa shape index (κ2) is 9.24. The van der Waals surface area contributed by atoms with Crippen LogP contribution in [0.5, 0.6) is 0 Å². The lowest BCUT2D eigenvalue weighted by Crippen LogP contribution is -2.30. The first kappa shape index (κ1) is 21.6. The fraction of sp³-hybridized carbons (Fsp3) is 0.375. The van der Waals surface area contributed by atoms with Gasteiger partial charge in [-0.25, -0.2) is 4.98 Å². The van der Waals surface area contributed by atoms with E-state index in [1.165, 1.54) is 29.3 Å². The summed E-state index contributed by atoms with van der Waals surface area (Å²) in [6.45, 7) is 4.13. The summed E-state index contributed by atoms with van der Waals surface area (Å²) in [4.78, 5) is 30.8. The number of carbonyl (C=O) groups is 1. The number of aromatic nitrogens is 2. The molecular weight excluding hydrogens is 410 g/mol. The number of carbonyl (C=O) groups excluding carboxylic acids is 1. The maximum Gasteiger partial charge on any atom is 0.262 e. The molecule has 0 spiro atoms. The largest absolute Gasteiger partial charge is 0.383 e. The summed E-state index contributed by atoms with van der Waals surface area (Å²) >= 11 is 1.29. The van der Waals surface area contributed by atoms with Crippen molar-refractivity contribution in [3.63, 3.8) is 0 Å². The highest BCUT2D eigenvalue weighted by atomic mass is 32.2. The predicted octanol–water partition coefficient (Wildman–Crippen LogP) is 4.21. The third kappa shape index (κ3) is 4.52. The molecule has 2 aromatic carbocycles. The van der Waals surface area contributed by atoms with Gasteiger partial charge in [-0.3, -0.25) is 14.2 Å². The van der Waals surface area contributed by atoms with Gasteiger partial charge in [-0.2, -0.15) is 0 Å². The molecule has 1 heterocycles. The number of hydrogen-bond donors (Lipinski definition) is 1. The summed E-state index contributed by atoms with van der Waals surface area (Å²) < 4.78 is 6.91. The average molecular weight is 438 g/mol. The number of aryl methyl sites for hydroxylation is 2. The number of nitrogens with one attached hydrogen (secondary N) is 1. The fourth-order valence-corrected chi connectivity index (χ4v) is 5.03. The first-order chi connectivity index (χ1) is 15.0. The highest BCUT2D eigenvalue weighted by molar-refractivity contribution is 8.00. The second-order valence-electron chi connectivity index (χ2n) is 7.98. The molecule has 0 fully saturated rings. The van der Waals surface area contributed by atoms with Crippen LogP contribution in [0.25, 0.3) is 10.9 Å². The molecule has 1 aromatic heterocycles. The lowest BCUT2D eigenvalue weighted by atomic mass is 10.1. The van der Waals surface area contributed by atoms with Crippen LogP contribution < -0.4 is 10.9 Å². The molecule has 0 aliphatic heterocycles. The molecular formula is C24H27N3O3S. The molecule has 0 saturated carbocycles. The van der Waals surface area contributed by atoms with Gasteiger partial charge in [0.05, 0.1) is 28.8 Å². The van der Waals surface area contributed by atoms with Crippen LogP contribution in [0.3, 0.4) is 0 Å². The van der Waals surface area contributed by atoms with E-state index in [1.807, 2.05) is 38.1 Å². The van der Waals surface area contributed by atoms with Crippen molar-refractivity contribution in [1.29, 1.82) is 0 Å². The molecule has 0 unspecified atom stereocenters.